The van der Waals surface area contributed by atoms with Crippen molar-refractivity contribution >= 4 is 0 Å². The van der Waals surface area contributed by atoms with Crippen LogP contribution in [0.1, 0.15) is 32.6 Å². The maximum absolute atomic E-state index is 8.86. The Kier molecular flexibility index (Phi) is 4.70. The molecule has 1 rings (SSSR count). The number of aliphatic hydroxyl groups is 2. The molecule has 0 aromatic carbocycles. The van der Waals surface area contributed by atoms with Crippen LogP contribution >= 0.6 is 0 Å². The van der Waals surface area contributed by atoms with Crippen molar-refractivity contribution in [1.82, 2.24) is 5.32 Å². The lowest BCUT2D eigenvalue weighted by molar-refractivity contribution is 0.154. The second-order valence-electron chi connectivity index (χ2n) is 4.16. The van der Waals surface area contributed by atoms with Crippen LogP contribution in [-0.2, 0) is 0 Å². The Bertz CT molecular complexity index is 133. The van der Waals surface area contributed by atoms with E-state index in [9.17, 15) is 0 Å². The van der Waals surface area contributed by atoms with E-state index in [1.165, 1.54) is 25.7 Å². The highest BCUT2D eigenvalue weighted by Crippen LogP contribution is 2.30. The van der Waals surface area contributed by atoms with Gasteiger partial charge in [-0.25, -0.2) is 0 Å². The highest BCUT2D eigenvalue weighted by Gasteiger charge is 2.20. The topological polar surface area (TPSA) is 52.5 Å². The lowest BCUT2D eigenvalue weighted by Gasteiger charge is -2.30. The monoisotopic (exact) mass is 187 g/mol. The van der Waals surface area contributed by atoms with Gasteiger partial charge in [-0.2, -0.15) is 0 Å². The van der Waals surface area contributed by atoms with Gasteiger partial charge in [0, 0.05) is 6.04 Å². The van der Waals surface area contributed by atoms with Gasteiger partial charge in [0.1, 0.15) is 0 Å². The molecule has 0 aliphatic heterocycles. The first-order valence-electron chi connectivity index (χ1n) is 5.24. The molecule has 1 aliphatic rings. The summed E-state index contributed by atoms with van der Waals surface area (Å²) in [4.78, 5) is 0. The van der Waals surface area contributed by atoms with E-state index in [-0.39, 0.29) is 19.3 Å². The zero-order valence-electron chi connectivity index (χ0n) is 8.37. The van der Waals surface area contributed by atoms with Gasteiger partial charge in [-0.05, 0) is 19.3 Å². The maximum Gasteiger partial charge on any atom is 0.0607 e. The molecule has 0 heterocycles. The predicted molar refractivity (Wildman–Crippen MR) is 52.5 cm³/mol. The number of hydrogen-bond donors (Lipinski definition) is 3. The first-order chi connectivity index (χ1) is 6.26. The molecule has 0 bridgehead atoms. The third kappa shape index (κ3) is 3.63. The summed E-state index contributed by atoms with van der Waals surface area (Å²) in [5.41, 5.74) is 0. The van der Waals surface area contributed by atoms with Crippen LogP contribution in [0.5, 0.6) is 0 Å². The molecule has 0 amide bonds. The number of nitrogens with one attached hydrogen (secondary N) is 1. The Hall–Kier alpha value is -0.120. The third-order valence-corrected chi connectivity index (χ3v) is 2.87. The van der Waals surface area contributed by atoms with Gasteiger partial charge in [0.05, 0.1) is 19.3 Å². The Labute approximate surface area is 80.2 Å². The van der Waals surface area contributed by atoms with Crippen LogP contribution in [0, 0.1) is 5.92 Å². The SMILES string of the molecule is CC(CC1CCC1)NC(CO)CO. The summed E-state index contributed by atoms with van der Waals surface area (Å²) in [7, 11) is 0. The summed E-state index contributed by atoms with van der Waals surface area (Å²) in [5, 5.41) is 20.9. The minimum Gasteiger partial charge on any atom is -0.395 e. The van der Waals surface area contributed by atoms with E-state index < -0.39 is 0 Å². The zero-order chi connectivity index (χ0) is 9.68. The Balaban J connectivity index is 2.10. The molecule has 0 spiro atoms. The molecule has 78 valence electrons. The van der Waals surface area contributed by atoms with Crippen LogP contribution < -0.4 is 5.32 Å². The van der Waals surface area contributed by atoms with Crippen molar-refractivity contribution in [2.45, 2.75) is 44.7 Å². The fourth-order valence-electron chi connectivity index (χ4n) is 1.86. The van der Waals surface area contributed by atoms with Gasteiger partial charge in [0.15, 0.2) is 0 Å². The fourth-order valence-corrected chi connectivity index (χ4v) is 1.86. The molecule has 0 aromatic rings. The van der Waals surface area contributed by atoms with Gasteiger partial charge in [-0.15, -0.1) is 0 Å². The van der Waals surface area contributed by atoms with Crippen LogP contribution in [0.3, 0.4) is 0 Å². The molecule has 0 saturated heterocycles. The quantitative estimate of drug-likeness (QED) is 0.568. The van der Waals surface area contributed by atoms with Gasteiger partial charge in [0.2, 0.25) is 0 Å². The summed E-state index contributed by atoms with van der Waals surface area (Å²) in [6, 6.07) is 0.268. The van der Waals surface area contributed by atoms with Gasteiger partial charge in [0.25, 0.3) is 0 Å². The van der Waals surface area contributed by atoms with Gasteiger partial charge >= 0.3 is 0 Å². The van der Waals surface area contributed by atoms with Crippen molar-refractivity contribution in [3.63, 3.8) is 0 Å². The highest BCUT2D eigenvalue weighted by molar-refractivity contribution is 4.77. The summed E-state index contributed by atoms with van der Waals surface area (Å²) < 4.78 is 0. The predicted octanol–water partition coefficient (Wildman–Crippen LogP) is 0.508. The molecule has 1 unspecified atom stereocenters. The van der Waals surface area contributed by atoms with E-state index in [0.29, 0.717) is 6.04 Å². The van der Waals surface area contributed by atoms with Crippen LogP contribution in [-0.4, -0.2) is 35.5 Å². The molecule has 0 radical (unpaired) electrons. The summed E-state index contributed by atoms with van der Waals surface area (Å²) in [6.45, 7) is 2.16. The highest BCUT2D eigenvalue weighted by atomic mass is 16.3. The number of rotatable bonds is 6. The lowest BCUT2D eigenvalue weighted by atomic mass is 9.81. The van der Waals surface area contributed by atoms with Crippen LogP contribution in [0.2, 0.25) is 0 Å². The molecule has 1 atom stereocenters. The second kappa shape index (κ2) is 5.58. The average molecular weight is 187 g/mol. The molecular weight excluding hydrogens is 166 g/mol. The van der Waals surface area contributed by atoms with Crippen LogP contribution in [0.4, 0.5) is 0 Å². The minimum atomic E-state index is -0.143. The lowest BCUT2D eigenvalue weighted by Crippen LogP contribution is -2.42. The second-order valence-corrected chi connectivity index (χ2v) is 4.16. The standard InChI is InChI=1S/C10H21NO2/c1-8(5-9-3-2-4-9)11-10(6-12)7-13/h8-13H,2-7H2,1H3. The van der Waals surface area contributed by atoms with Crippen molar-refractivity contribution in [3.05, 3.63) is 0 Å². The van der Waals surface area contributed by atoms with E-state index in [0.717, 1.165) is 5.92 Å². The van der Waals surface area contributed by atoms with Crippen LogP contribution in [0.15, 0.2) is 0 Å². The van der Waals surface area contributed by atoms with Crippen molar-refractivity contribution in [3.8, 4) is 0 Å². The molecule has 0 aromatic heterocycles. The zero-order valence-corrected chi connectivity index (χ0v) is 8.37. The van der Waals surface area contributed by atoms with Crippen molar-refractivity contribution in [1.29, 1.82) is 0 Å². The first kappa shape index (κ1) is 11.0. The Morgan fingerprint density at radius 3 is 2.31 bits per heavy atom. The van der Waals surface area contributed by atoms with E-state index in [1.807, 2.05) is 0 Å². The molecular formula is C10H21NO2. The molecule has 1 fully saturated rings. The summed E-state index contributed by atoms with van der Waals surface area (Å²) in [6.07, 6.45) is 5.27. The summed E-state index contributed by atoms with van der Waals surface area (Å²) >= 11 is 0. The first-order valence-corrected chi connectivity index (χ1v) is 5.24. The van der Waals surface area contributed by atoms with E-state index >= 15 is 0 Å². The van der Waals surface area contributed by atoms with Gasteiger partial charge in [-0.3, -0.25) is 0 Å². The Morgan fingerprint density at radius 2 is 1.92 bits per heavy atom. The molecule has 1 aliphatic carbocycles. The largest absolute Gasteiger partial charge is 0.395 e. The maximum atomic E-state index is 8.86. The van der Waals surface area contributed by atoms with Gasteiger partial charge in [-0.1, -0.05) is 19.3 Å². The van der Waals surface area contributed by atoms with Crippen molar-refractivity contribution < 1.29 is 10.2 Å². The molecule has 3 nitrogen and oxygen atoms in total. The fraction of sp³-hybridized carbons (Fsp3) is 1.00. The summed E-state index contributed by atoms with van der Waals surface area (Å²) in [5.74, 6) is 0.875. The van der Waals surface area contributed by atoms with E-state index in [4.69, 9.17) is 10.2 Å². The molecule has 3 heteroatoms. The minimum absolute atomic E-state index is 0.0194. The van der Waals surface area contributed by atoms with Crippen LogP contribution in [0.25, 0.3) is 0 Å². The number of aliphatic hydroxyl groups excluding tert-OH is 2. The third-order valence-electron chi connectivity index (χ3n) is 2.87. The molecule has 3 N–H and O–H groups in total. The average Bonchev–Trinajstić information content (AvgIpc) is 2.07. The Morgan fingerprint density at radius 1 is 1.31 bits per heavy atom. The van der Waals surface area contributed by atoms with E-state index in [2.05, 4.69) is 12.2 Å². The van der Waals surface area contributed by atoms with Gasteiger partial charge < -0.3 is 15.5 Å². The number of hydrogen-bond acceptors (Lipinski definition) is 3. The molecule has 13 heavy (non-hydrogen) atoms. The molecule has 1 saturated carbocycles. The van der Waals surface area contributed by atoms with Crippen molar-refractivity contribution in [2.24, 2.45) is 5.92 Å². The van der Waals surface area contributed by atoms with Crippen molar-refractivity contribution in [2.75, 3.05) is 13.2 Å². The smallest absolute Gasteiger partial charge is 0.0607 e. The normalized spacial score (nSPS) is 20.3. The van der Waals surface area contributed by atoms with E-state index in [1.54, 1.807) is 0 Å².